The highest BCUT2D eigenvalue weighted by atomic mass is 16.6. The minimum Gasteiger partial charge on any atom is -0.489 e. The summed E-state index contributed by atoms with van der Waals surface area (Å²) < 4.78 is 17.0. The number of carbonyl (C=O) groups is 2. The molecule has 1 amide bonds. The van der Waals surface area contributed by atoms with Crippen molar-refractivity contribution in [2.45, 2.75) is 72.0 Å². The predicted octanol–water partition coefficient (Wildman–Crippen LogP) is 4.74. The molecule has 1 aliphatic rings. The molecule has 1 fully saturated rings. The number of unbranched alkanes of at least 4 members (excludes halogenated alkanes) is 1. The first-order chi connectivity index (χ1) is 15.8. The van der Waals surface area contributed by atoms with Crippen molar-refractivity contribution in [1.82, 2.24) is 15.0 Å². The third-order valence-corrected chi connectivity index (χ3v) is 6.02. The number of pyridine rings is 1. The standard InChI is InChI=1S/C24H33N3O6/c1-5-6-12-27(4)24(30)31-14-19-15(2)26-33-22(19)20-10-11-21(16(3)25-20)32-18-9-7-8-17(13-18)23(28)29/h10-11,17-18H,5-9,12-14H2,1-4H3,(H,28,29)/t17-,18-/m0/s1. The summed E-state index contributed by atoms with van der Waals surface area (Å²) in [5.74, 6) is -0.0509. The van der Waals surface area contributed by atoms with Gasteiger partial charge in [0.15, 0.2) is 5.76 Å². The molecule has 0 saturated heterocycles. The van der Waals surface area contributed by atoms with Gasteiger partial charge in [0.2, 0.25) is 0 Å². The molecule has 2 heterocycles. The molecule has 0 unspecified atom stereocenters. The van der Waals surface area contributed by atoms with E-state index in [0.717, 1.165) is 25.7 Å². The van der Waals surface area contributed by atoms with Crippen LogP contribution in [-0.4, -0.2) is 51.9 Å². The maximum absolute atomic E-state index is 12.2. The first-order valence-electron chi connectivity index (χ1n) is 11.5. The predicted molar refractivity (Wildman–Crippen MR) is 121 cm³/mol. The Balaban J connectivity index is 1.68. The van der Waals surface area contributed by atoms with Gasteiger partial charge < -0.3 is 24.0 Å². The monoisotopic (exact) mass is 459 g/mol. The molecule has 9 nitrogen and oxygen atoms in total. The van der Waals surface area contributed by atoms with Gasteiger partial charge in [0.25, 0.3) is 0 Å². The van der Waals surface area contributed by atoms with Gasteiger partial charge in [0.05, 0.1) is 29.0 Å². The zero-order chi connectivity index (χ0) is 24.0. The molecule has 2 aromatic rings. The third-order valence-electron chi connectivity index (χ3n) is 6.02. The Morgan fingerprint density at radius 1 is 1.24 bits per heavy atom. The minimum absolute atomic E-state index is 0.0393. The fourth-order valence-electron chi connectivity index (χ4n) is 3.95. The number of carbonyl (C=O) groups excluding carboxylic acids is 1. The van der Waals surface area contributed by atoms with Crippen molar-refractivity contribution in [2.75, 3.05) is 13.6 Å². The summed E-state index contributed by atoms with van der Waals surface area (Å²) in [6.07, 6.45) is 4.23. The summed E-state index contributed by atoms with van der Waals surface area (Å²) in [5, 5.41) is 13.3. The van der Waals surface area contributed by atoms with Crippen LogP contribution in [0.3, 0.4) is 0 Å². The zero-order valence-corrected chi connectivity index (χ0v) is 19.8. The Kier molecular flexibility index (Phi) is 8.30. The summed E-state index contributed by atoms with van der Waals surface area (Å²) >= 11 is 0. The van der Waals surface area contributed by atoms with Gasteiger partial charge in [-0.3, -0.25) is 4.79 Å². The summed E-state index contributed by atoms with van der Waals surface area (Å²) in [7, 11) is 1.72. The third kappa shape index (κ3) is 6.24. The van der Waals surface area contributed by atoms with Crippen LogP contribution in [0.5, 0.6) is 5.75 Å². The molecular formula is C24H33N3O6. The van der Waals surface area contributed by atoms with Crippen molar-refractivity contribution in [2.24, 2.45) is 5.92 Å². The number of nitrogens with zero attached hydrogens (tertiary/aromatic N) is 3. The summed E-state index contributed by atoms with van der Waals surface area (Å²) in [4.78, 5) is 29.7. The van der Waals surface area contributed by atoms with Gasteiger partial charge in [0.1, 0.15) is 18.1 Å². The average Bonchev–Trinajstić information content (AvgIpc) is 3.17. The first-order valence-corrected chi connectivity index (χ1v) is 11.5. The lowest BCUT2D eigenvalue weighted by Gasteiger charge is -2.27. The molecule has 0 bridgehead atoms. The van der Waals surface area contributed by atoms with E-state index in [1.807, 2.05) is 13.0 Å². The van der Waals surface area contributed by atoms with Crippen LogP contribution in [0.4, 0.5) is 4.79 Å². The fourth-order valence-corrected chi connectivity index (χ4v) is 3.95. The number of hydrogen-bond acceptors (Lipinski definition) is 7. The molecular weight excluding hydrogens is 426 g/mol. The minimum atomic E-state index is -0.765. The van der Waals surface area contributed by atoms with E-state index in [1.54, 1.807) is 24.9 Å². The lowest BCUT2D eigenvalue weighted by Crippen LogP contribution is -2.29. The van der Waals surface area contributed by atoms with Crippen LogP contribution in [0.25, 0.3) is 11.5 Å². The highest BCUT2D eigenvalue weighted by molar-refractivity contribution is 5.70. The van der Waals surface area contributed by atoms with E-state index in [4.69, 9.17) is 14.0 Å². The van der Waals surface area contributed by atoms with Gasteiger partial charge >= 0.3 is 12.1 Å². The Hall–Kier alpha value is -3.10. The molecule has 3 rings (SSSR count). The van der Waals surface area contributed by atoms with Crippen LogP contribution in [0.15, 0.2) is 16.7 Å². The quantitative estimate of drug-likeness (QED) is 0.571. The number of aromatic nitrogens is 2. The second kappa shape index (κ2) is 11.2. The summed E-state index contributed by atoms with van der Waals surface area (Å²) in [6.45, 7) is 6.38. The van der Waals surface area contributed by atoms with Crippen molar-refractivity contribution in [1.29, 1.82) is 0 Å². The Morgan fingerprint density at radius 2 is 2.03 bits per heavy atom. The van der Waals surface area contributed by atoms with E-state index in [9.17, 15) is 14.7 Å². The molecule has 2 aromatic heterocycles. The van der Waals surface area contributed by atoms with E-state index >= 15 is 0 Å². The molecule has 180 valence electrons. The van der Waals surface area contributed by atoms with Gasteiger partial charge in [-0.25, -0.2) is 9.78 Å². The first kappa shape index (κ1) is 24.5. The number of aryl methyl sites for hydroxylation is 2. The van der Waals surface area contributed by atoms with Crippen molar-refractivity contribution in [3.05, 3.63) is 29.1 Å². The molecule has 0 aromatic carbocycles. The maximum atomic E-state index is 12.2. The van der Waals surface area contributed by atoms with Gasteiger partial charge in [-0.05, 0) is 58.1 Å². The van der Waals surface area contributed by atoms with Gasteiger partial charge in [0, 0.05) is 13.6 Å². The van der Waals surface area contributed by atoms with Crippen LogP contribution in [0.2, 0.25) is 0 Å². The van der Waals surface area contributed by atoms with Gasteiger partial charge in [-0.1, -0.05) is 18.5 Å². The Labute approximate surface area is 194 Å². The van der Waals surface area contributed by atoms with E-state index in [1.165, 1.54) is 0 Å². The van der Waals surface area contributed by atoms with E-state index in [-0.39, 0.29) is 18.6 Å². The molecule has 1 saturated carbocycles. The van der Waals surface area contributed by atoms with Crippen molar-refractivity contribution >= 4 is 12.1 Å². The van der Waals surface area contributed by atoms with Crippen LogP contribution in [0, 0.1) is 19.8 Å². The number of amides is 1. The number of aliphatic carboxylic acids is 1. The van der Waals surface area contributed by atoms with Crippen molar-refractivity contribution in [3.8, 4) is 17.2 Å². The van der Waals surface area contributed by atoms with E-state index in [0.29, 0.717) is 53.5 Å². The SMILES string of the molecule is CCCCN(C)C(=O)OCc1c(C)noc1-c1ccc(O[C@H]2CCC[C@H](C(=O)O)C2)c(C)n1. The largest absolute Gasteiger partial charge is 0.489 e. The smallest absolute Gasteiger partial charge is 0.409 e. The van der Waals surface area contributed by atoms with E-state index in [2.05, 4.69) is 17.1 Å². The Bertz CT molecular complexity index is 973. The van der Waals surface area contributed by atoms with Gasteiger partial charge in [-0.15, -0.1) is 0 Å². The second-order valence-electron chi connectivity index (χ2n) is 8.63. The highest BCUT2D eigenvalue weighted by Crippen LogP contribution is 2.31. The topological polar surface area (TPSA) is 115 Å². The molecule has 9 heteroatoms. The normalized spacial score (nSPS) is 18.1. The second-order valence-corrected chi connectivity index (χ2v) is 8.63. The fraction of sp³-hybridized carbons (Fsp3) is 0.583. The molecule has 2 atom stereocenters. The molecule has 0 aliphatic heterocycles. The number of carboxylic acids is 1. The number of rotatable bonds is 9. The summed E-state index contributed by atoms with van der Waals surface area (Å²) in [5.41, 5.74) is 2.54. The number of hydrogen-bond donors (Lipinski definition) is 1. The molecule has 33 heavy (non-hydrogen) atoms. The zero-order valence-electron chi connectivity index (χ0n) is 19.8. The van der Waals surface area contributed by atoms with Crippen molar-refractivity contribution < 1.29 is 28.7 Å². The maximum Gasteiger partial charge on any atom is 0.409 e. The Morgan fingerprint density at radius 3 is 2.73 bits per heavy atom. The number of ether oxygens (including phenoxy) is 2. The van der Waals surface area contributed by atoms with Crippen LogP contribution in [-0.2, 0) is 16.1 Å². The van der Waals surface area contributed by atoms with Crippen LogP contribution >= 0.6 is 0 Å². The molecule has 0 spiro atoms. The average molecular weight is 460 g/mol. The van der Waals surface area contributed by atoms with Crippen molar-refractivity contribution in [3.63, 3.8) is 0 Å². The molecule has 1 N–H and O–H groups in total. The van der Waals surface area contributed by atoms with E-state index < -0.39 is 12.1 Å². The van der Waals surface area contributed by atoms with Crippen LogP contribution < -0.4 is 4.74 Å². The highest BCUT2D eigenvalue weighted by Gasteiger charge is 2.28. The number of carboxylic acid groups (broad SMARTS) is 1. The molecule has 0 radical (unpaired) electrons. The van der Waals surface area contributed by atoms with Gasteiger partial charge in [-0.2, -0.15) is 0 Å². The summed E-state index contributed by atoms with van der Waals surface area (Å²) in [6, 6.07) is 3.59. The lowest BCUT2D eigenvalue weighted by atomic mass is 9.87. The molecule has 1 aliphatic carbocycles. The lowest BCUT2D eigenvalue weighted by molar-refractivity contribution is -0.143. The van der Waals surface area contributed by atoms with Crippen LogP contribution in [0.1, 0.15) is 62.4 Å².